The van der Waals surface area contributed by atoms with Crippen LogP contribution in [-0.4, -0.2) is 45.2 Å². The average molecular weight is 397 g/mol. The van der Waals surface area contributed by atoms with Crippen LogP contribution in [0.5, 0.6) is 28.7 Å². The van der Waals surface area contributed by atoms with Gasteiger partial charge in [-0.3, -0.25) is 4.90 Å². The molecule has 1 saturated heterocycles. The molecule has 3 unspecified atom stereocenters. The van der Waals surface area contributed by atoms with E-state index in [0.717, 1.165) is 53.0 Å². The Morgan fingerprint density at radius 1 is 0.897 bits per heavy atom. The van der Waals surface area contributed by atoms with Crippen LogP contribution >= 0.6 is 0 Å². The number of benzene rings is 2. The van der Waals surface area contributed by atoms with E-state index in [0.29, 0.717) is 0 Å². The van der Waals surface area contributed by atoms with Crippen molar-refractivity contribution in [1.29, 1.82) is 0 Å². The van der Waals surface area contributed by atoms with Gasteiger partial charge in [-0.15, -0.1) is 0 Å². The molecule has 0 N–H and O–H groups in total. The lowest BCUT2D eigenvalue weighted by atomic mass is 9.77. The summed E-state index contributed by atoms with van der Waals surface area (Å²) in [4.78, 5) is 2.46. The molecule has 154 valence electrons. The van der Waals surface area contributed by atoms with Crippen LogP contribution in [0.15, 0.2) is 30.3 Å². The zero-order chi connectivity index (χ0) is 20.0. The Bertz CT molecular complexity index is 908. The van der Waals surface area contributed by atoms with Crippen LogP contribution in [0.1, 0.15) is 36.8 Å². The van der Waals surface area contributed by atoms with Crippen molar-refractivity contribution in [2.45, 2.75) is 31.9 Å². The minimum atomic E-state index is 0.0159. The molecule has 0 bridgehead atoms. The van der Waals surface area contributed by atoms with Gasteiger partial charge in [-0.25, -0.2) is 0 Å². The summed E-state index contributed by atoms with van der Waals surface area (Å²) in [6, 6.07) is 10.1. The van der Waals surface area contributed by atoms with Crippen LogP contribution in [0, 0.1) is 5.92 Å². The van der Waals surface area contributed by atoms with Crippen LogP contribution in [-0.2, 0) is 0 Å². The minimum Gasteiger partial charge on any atom is -0.497 e. The molecule has 0 aliphatic carbocycles. The predicted molar refractivity (Wildman–Crippen MR) is 108 cm³/mol. The second kappa shape index (κ2) is 7.34. The van der Waals surface area contributed by atoms with Gasteiger partial charge in [0.1, 0.15) is 17.2 Å². The monoisotopic (exact) mass is 397 g/mol. The molecule has 29 heavy (non-hydrogen) atoms. The summed E-state index contributed by atoms with van der Waals surface area (Å²) >= 11 is 0. The maximum atomic E-state index is 6.55. The highest BCUT2D eigenvalue weighted by Gasteiger charge is 2.42. The van der Waals surface area contributed by atoms with Gasteiger partial charge in [-0.2, -0.15) is 0 Å². The van der Waals surface area contributed by atoms with Gasteiger partial charge in [-0.05, 0) is 25.0 Å². The van der Waals surface area contributed by atoms with Gasteiger partial charge >= 0.3 is 0 Å². The van der Waals surface area contributed by atoms with E-state index < -0.39 is 0 Å². The normalized spacial score (nSPS) is 25.4. The van der Waals surface area contributed by atoms with Gasteiger partial charge in [0.25, 0.3) is 0 Å². The van der Waals surface area contributed by atoms with Gasteiger partial charge in [-0.1, -0.05) is 13.0 Å². The Hall–Kier alpha value is -2.60. The zero-order valence-corrected chi connectivity index (χ0v) is 17.1. The van der Waals surface area contributed by atoms with Crippen LogP contribution in [0.4, 0.5) is 0 Å². The first-order valence-electron chi connectivity index (χ1n) is 10.3. The molecular formula is C23H27NO5. The van der Waals surface area contributed by atoms with Crippen LogP contribution < -0.4 is 23.7 Å². The Morgan fingerprint density at radius 3 is 2.38 bits per heavy atom. The number of hydrogen-bond acceptors (Lipinski definition) is 6. The largest absolute Gasteiger partial charge is 0.497 e. The van der Waals surface area contributed by atoms with E-state index in [-0.39, 0.29) is 24.9 Å². The molecule has 0 saturated carbocycles. The van der Waals surface area contributed by atoms with E-state index in [1.54, 1.807) is 14.2 Å². The summed E-state index contributed by atoms with van der Waals surface area (Å²) in [6.07, 6.45) is 2.45. The summed E-state index contributed by atoms with van der Waals surface area (Å²) in [5.74, 6) is 4.35. The molecule has 0 aromatic heterocycles. The molecule has 1 fully saturated rings. The Morgan fingerprint density at radius 2 is 1.66 bits per heavy atom. The summed E-state index contributed by atoms with van der Waals surface area (Å²) in [6.45, 7) is 4.66. The number of nitrogens with zero attached hydrogens (tertiary/aromatic N) is 1. The number of rotatable bonds is 4. The Balaban J connectivity index is 1.64. The van der Waals surface area contributed by atoms with Gasteiger partial charge in [0.05, 0.1) is 14.2 Å². The molecule has 2 aromatic carbocycles. The van der Waals surface area contributed by atoms with Gasteiger partial charge < -0.3 is 23.7 Å². The van der Waals surface area contributed by atoms with Crippen molar-refractivity contribution in [3.63, 3.8) is 0 Å². The van der Waals surface area contributed by atoms with Gasteiger partial charge in [0, 0.05) is 48.2 Å². The van der Waals surface area contributed by atoms with Gasteiger partial charge in [0.2, 0.25) is 6.79 Å². The first-order valence-corrected chi connectivity index (χ1v) is 10.3. The second-order valence-corrected chi connectivity index (χ2v) is 7.94. The molecule has 3 aliphatic rings. The number of methoxy groups -OCH3 is 2. The van der Waals surface area contributed by atoms with Crippen molar-refractivity contribution in [2.24, 2.45) is 5.92 Å². The molecule has 6 nitrogen and oxygen atoms in total. The molecule has 3 aliphatic heterocycles. The highest BCUT2D eigenvalue weighted by molar-refractivity contribution is 5.58. The minimum absolute atomic E-state index is 0.0159. The molecule has 3 heterocycles. The molecule has 0 spiro atoms. The van der Waals surface area contributed by atoms with Crippen molar-refractivity contribution in [3.05, 3.63) is 41.5 Å². The zero-order valence-electron chi connectivity index (χ0n) is 17.1. The maximum absolute atomic E-state index is 6.55. The average Bonchev–Trinajstić information content (AvgIpc) is 3.43. The lowest BCUT2D eigenvalue weighted by Crippen LogP contribution is -2.47. The van der Waals surface area contributed by atoms with Crippen LogP contribution in [0.25, 0.3) is 0 Å². The fourth-order valence-electron chi connectivity index (χ4n) is 4.90. The SMILES string of the molecule is COc1ccc(C2c3cc4c(cc3OC(N3CCCC3)C2C)OCO4)c(OC)c1. The molecule has 6 heteroatoms. The van der Waals surface area contributed by atoms with E-state index in [2.05, 4.69) is 24.0 Å². The molecule has 3 atom stereocenters. The van der Waals surface area contributed by atoms with Crippen molar-refractivity contribution < 1.29 is 23.7 Å². The maximum Gasteiger partial charge on any atom is 0.231 e. The molecule has 0 amide bonds. The second-order valence-electron chi connectivity index (χ2n) is 7.94. The van der Waals surface area contributed by atoms with Crippen LogP contribution in [0.2, 0.25) is 0 Å². The fraction of sp³-hybridized carbons (Fsp3) is 0.478. The standard InChI is InChI=1S/C23H27NO5/c1-14-22(16-7-6-15(25-2)10-18(16)26-3)17-11-20-21(28-13-27-20)12-19(17)29-23(14)24-8-4-5-9-24/h6-7,10-12,14,22-23H,4-5,8-9,13H2,1-3H3. The summed E-state index contributed by atoms with van der Waals surface area (Å²) in [5.41, 5.74) is 2.24. The smallest absolute Gasteiger partial charge is 0.231 e. The molecular weight excluding hydrogens is 370 g/mol. The summed E-state index contributed by atoms with van der Waals surface area (Å²) in [7, 11) is 3.38. The third kappa shape index (κ3) is 3.06. The van der Waals surface area contributed by atoms with E-state index in [1.165, 1.54) is 12.8 Å². The highest BCUT2D eigenvalue weighted by Crippen LogP contribution is 2.51. The predicted octanol–water partition coefficient (Wildman–Crippen LogP) is 4.01. The summed E-state index contributed by atoms with van der Waals surface area (Å²) in [5, 5.41) is 0. The highest BCUT2D eigenvalue weighted by atomic mass is 16.7. The molecule has 5 rings (SSSR count). The number of fused-ring (bicyclic) bond motifs is 2. The Labute approximate surface area is 171 Å². The Kier molecular flexibility index (Phi) is 4.66. The van der Waals surface area contributed by atoms with Crippen molar-refractivity contribution in [1.82, 2.24) is 4.90 Å². The quantitative estimate of drug-likeness (QED) is 0.777. The fourth-order valence-corrected chi connectivity index (χ4v) is 4.90. The number of ether oxygens (including phenoxy) is 5. The van der Waals surface area contributed by atoms with Crippen molar-refractivity contribution in [3.8, 4) is 28.7 Å². The number of hydrogen-bond donors (Lipinski definition) is 0. The first-order chi connectivity index (χ1) is 14.2. The first kappa shape index (κ1) is 18.4. The lowest BCUT2D eigenvalue weighted by Gasteiger charge is -2.42. The molecule has 0 radical (unpaired) electrons. The topological polar surface area (TPSA) is 49.4 Å². The van der Waals surface area contributed by atoms with Gasteiger partial charge in [0.15, 0.2) is 17.7 Å². The molecule has 2 aromatic rings. The van der Waals surface area contributed by atoms with Crippen LogP contribution in [0.3, 0.4) is 0 Å². The lowest BCUT2D eigenvalue weighted by molar-refractivity contribution is -0.0180. The van der Waals surface area contributed by atoms with Crippen molar-refractivity contribution in [2.75, 3.05) is 34.1 Å². The number of likely N-dealkylation sites (tertiary alicyclic amines) is 1. The third-order valence-electron chi connectivity index (χ3n) is 6.34. The summed E-state index contributed by atoms with van der Waals surface area (Å²) < 4.78 is 29.0. The third-order valence-corrected chi connectivity index (χ3v) is 6.34. The van der Waals surface area contributed by atoms with E-state index in [4.69, 9.17) is 23.7 Å². The van der Waals surface area contributed by atoms with Crippen molar-refractivity contribution >= 4 is 0 Å². The van der Waals surface area contributed by atoms with E-state index in [1.807, 2.05) is 18.2 Å². The van der Waals surface area contributed by atoms with E-state index in [9.17, 15) is 0 Å². The van der Waals surface area contributed by atoms with E-state index >= 15 is 0 Å².